The van der Waals surface area contributed by atoms with Crippen LogP contribution in [0.15, 0.2) is 48.7 Å². The van der Waals surface area contributed by atoms with Crippen molar-refractivity contribution in [1.82, 2.24) is 10.3 Å². The third-order valence-electron chi connectivity index (χ3n) is 2.92. The van der Waals surface area contributed by atoms with Crippen LogP contribution in [0.25, 0.3) is 0 Å². The van der Waals surface area contributed by atoms with E-state index >= 15 is 0 Å². The van der Waals surface area contributed by atoms with Crippen molar-refractivity contribution in [3.8, 4) is 5.88 Å². The number of nitrogens with one attached hydrogen (secondary N) is 1. The molecule has 3 nitrogen and oxygen atoms in total. The topological polar surface area (TPSA) is 34.2 Å². The van der Waals surface area contributed by atoms with Crippen LogP contribution in [0.5, 0.6) is 5.88 Å². The van der Waals surface area contributed by atoms with Gasteiger partial charge < -0.3 is 10.1 Å². The molecule has 1 aliphatic rings. The largest absolute Gasteiger partial charge is 0.468 e. The number of hydrogen-bond acceptors (Lipinski definition) is 3. The van der Waals surface area contributed by atoms with E-state index in [1.54, 1.807) is 6.20 Å². The zero-order valence-corrected chi connectivity index (χ0v) is 9.47. The molecule has 86 valence electrons. The van der Waals surface area contributed by atoms with Crippen molar-refractivity contribution in [2.75, 3.05) is 6.54 Å². The lowest BCUT2D eigenvalue weighted by atomic mass is 10.1. The summed E-state index contributed by atoms with van der Waals surface area (Å²) in [5, 5.41) is 3.39. The van der Waals surface area contributed by atoms with E-state index < -0.39 is 0 Å². The maximum absolute atomic E-state index is 5.97. The minimum atomic E-state index is 0.0346. The third-order valence-corrected chi connectivity index (χ3v) is 2.92. The molecule has 0 saturated carbocycles. The summed E-state index contributed by atoms with van der Waals surface area (Å²) in [6.45, 7) is 1.62. The monoisotopic (exact) mass is 226 g/mol. The van der Waals surface area contributed by atoms with Crippen LogP contribution in [0.2, 0.25) is 0 Å². The summed E-state index contributed by atoms with van der Waals surface area (Å²) in [6.07, 6.45) is 1.80. The summed E-state index contributed by atoms with van der Waals surface area (Å²) in [5.74, 6) is 0.742. The fourth-order valence-electron chi connectivity index (χ4n) is 2.03. The summed E-state index contributed by atoms with van der Waals surface area (Å²) in [7, 11) is 0. The molecular weight excluding hydrogens is 212 g/mol. The van der Waals surface area contributed by atoms with Crippen LogP contribution < -0.4 is 10.1 Å². The van der Waals surface area contributed by atoms with Crippen LogP contribution in [0.1, 0.15) is 17.2 Å². The van der Waals surface area contributed by atoms with Crippen molar-refractivity contribution in [2.24, 2.45) is 0 Å². The maximum atomic E-state index is 5.97. The smallest absolute Gasteiger partial charge is 0.218 e. The van der Waals surface area contributed by atoms with E-state index in [9.17, 15) is 0 Å². The number of fused-ring (bicyclic) bond motifs is 1. The Morgan fingerprint density at radius 2 is 2.00 bits per heavy atom. The number of pyridine rings is 1. The molecule has 0 amide bonds. The Labute approximate surface area is 100 Å². The van der Waals surface area contributed by atoms with Crippen LogP contribution in [0.4, 0.5) is 0 Å². The highest BCUT2D eigenvalue weighted by atomic mass is 16.5. The Morgan fingerprint density at radius 1 is 1.12 bits per heavy atom. The average molecular weight is 226 g/mol. The zero-order valence-electron chi connectivity index (χ0n) is 9.47. The van der Waals surface area contributed by atoms with E-state index in [1.165, 1.54) is 5.56 Å². The first kappa shape index (κ1) is 10.3. The van der Waals surface area contributed by atoms with E-state index in [4.69, 9.17) is 4.74 Å². The quantitative estimate of drug-likeness (QED) is 0.810. The molecule has 0 bridgehead atoms. The van der Waals surface area contributed by atoms with Crippen LogP contribution in [-0.4, -0.2) is 11.5 Å². The fraction of sp³-hybridized carbons (Fsp3) is 0.214. The van der Waals surface area contributed by atoms with Crippen molar-refractivity contribution in [3.63, 3.8) is 0 Å². The van der Waals surface area contributed by atoms with Crippen molar-refractivity contribution >= 4 is 0 Å². The minimum Gasteiger partial charge on any atom is -0.468 e. The molecule has 0 aliphatic carbocycles. The van der Waals surface area contributed by atoms with E-state index in [-0.39, 0.29) is 6.10 Å². The van der Waals surface area contributed by atoms with Gasteiger partial charge in [-0.25, -0.2) is 4.98 Å². The Kier molecular flexibility index (Phi) is 2.76. The highest BCUT2D eigenvalue weighted by Gasteiger charge is 2.19. The molecule has 1 aromatic carbocycles. The van der Waals surface area contributed by atoms with Crippen molar-refractivity contribution in [1.29, 1.82) is 0 Å². The van der Waals surface area contributed by atoms with Gasteiger partial charge >= 0.3 is 0 Å². The van der Waals surface area contributed by atoms with Crippen LogP contribution >= 0.6 is 0 Å². The molecule has 0 radical (unpaired) electrons. The van der Waals surface area contributed by atoms with Gasteiger partial charge in [-0.1, -0.05) is 36.4 Å². The van der Waals surface area contributed by atoms with Crippen molar-refractivity contribution < 1.29 is 4.74 Å². The second-order valence-corrected chi connectivity index (χ2v) is 4.12. The van der Waals surface area contributed by atoms with Gasteiger partial charge in [-0.15, -0.1) is 0 Å². The molecule has 1 aromatic heterocycles. The Bertz CT molecular complexity index is 499. The van der Waals surface area contributed by atoms with E-state index in [0.29, 0.717) is 0 Å². The molecule has 0 saturated heterocycles. The lowest BCUT2D eigenvalue weighted by molar-refractivity contribution is 0.202. The Hall–Kier alpha value is -1.87. The first-order valence-electron chi connectivity index (χ1n) is 5.80. The Balaban J connectivity index is 1.91. The van der Waals surface area contributed by atoms with Gasteiger partial charge in [0.1, 0.15) is 6.10 Å². The summed E-state index contributed by atoms with van der Waals surface area (Å²) in [6, 6.07) is 14.2. The maximum Gasteiger partial charge on any atom is 0.218 e. The van der Waals surface area contributed by atoms with Gasteiger partial charge in [0.25, 0.3) is 0 Å². The van der Waals surface area contributed by atoms with Crippen LogP contribution in [0.3, 0.4) is 0 Å². The highest BCUT2D eigenvalue weighted by molar-refractivity contribution is 5.28. The number of benzene rings is 1. The predicted molar refractivity (Wildman–Crippen MR) is 65.8 cm³/mol. The van der Waals surface area contributed by atoms with Gasteiger partial charge in [-0.2, -0.15) is 0 Å². The third kappa shape index (κ3) is 2.15. The van der Waals surface area contributed by atoms with Gasteiger partial charge in [0.15, 0.2) is 0 Å². The average Bonchev–Trinajstić information content (AvgIpc) is 2.62. The van der Waals surface area contributed by atoms with Crippen molar-refractivity contribution in [2.45, 2.75) is 12.6 Å². The SMILES string of the molecule is c1ccc(C2CNCc3cccnc3O2)cc1. The van der Waals surface area contributed by atoms with Crippen LogP contribution in [-0.2, 0) is 6.54 Å². The molecule has 2 aromatic rings. The normalized spacial score (nSPS) is 18.9. The standard InChI is InChI=1S/C14H14N2O/c1-2-5-11(6-3-1)13-10-15-9-12-7-4-8-16-14(12)17-13/h1-8,13,15H,9-10H2. The molecule has 1 atom stereocenters. The molecule has 0 fully saturated rings. The lowest BCUT2D eigenvalue weighted by Gasteiger charge is -2.16. The molecule has 17 heavy (non-hydrogen) atoms. The summed E-state index contributed by atoms with van der Waals surface area (Å²) >= 11 is 0. The van der Waals surface area contributed by atoms with Crippen LogP contribution in [0, 0.1) is 0 Å². The minimum absolute atomic E-state index is 0.0346. The molecule has 3 heteroatoms. The molecule has 1 N–H and O–H groups in total. The van der Waals surface area contributed by atoms with E-state index in [0.717, 1.165) is 24.5 Å². The number of aromatic nitrogens is 1. The van der Waals surface area contributed by atoms with Gasteiger partial charge in [0.05, 0.1) is 0 Å². The molecule has 3 rings (SSSR count). The molecule has 1 unspecified atom stereocenters. The highest BCUT2D eigenvalue weighted by Crippen LogP contribution is 2.25. The summed E-state index contributed by atoms with van der Waals surface area (Å²) in [5.41, 5.74) is 2.30. The first-order chi connectivity index (χ1) is 8.43. The van der Waals surface area contributed by atoms with Gasteiger partial charge in [-0.3, -0.25) is 0 Å². The van der Waals surface area contributed by atoms with E-state index in [2.05, 4.69) is 22.4 Å². The summed E-state index contributed by atoms with van der Waals surface area (Å²) in [4.78, 5) is 4.29. The molecular formula is C14H14N2O. The predicted octanol–water partition coefficient (Wildman–Crippen LogP) is 2.30. The lowest BCUT2D eigenvalue weighted by Crippen LogP contribution is -2.21. The van der Waals surface area contributed by atoms with E-state index in [1.807, 2.05) is 30.3 Å². The number of ether oxygens (including phenoxy) is 1. The second kappa shape index (κ2) is 4.55. The number of nitrogens with zero attached hydrogens (tertiary/aromatic N) is 1. The second-order valence-electron chi connectivity index (χ2n) is 4.12. The molecule has 0 spiro atoms. The number of hydrogen-bond donors (Lipinski definition) is 1. The van der Waals surface area contributed by atoms with Gasteiger partial charge in [0.2, 0.25) is 5.88 Å². The molecule has 2 heterocycles. The zero-order chi connectivity index (χ0) is 11.5. The first-order valence-corrected chi connectivity index (χ1v) is 5.80. The number of rotatable bonds is 1. The van der Waals surface area contributed by atoms with Gasteiger partial charge in [-0.05, 0) is 11.6 Å². The summed E-state index contributed by atoms with van der Waals surface area (Å²) < 4.78 is 5.97. The molecule has 1 aliphatic heterocycles. The fourth-order valence-corrected chi connectivity index (χ4v) is 2.03. The Morgan fingerprint density at radius 3 is 2.88 bits per heavy atom. The van der Waals surface area contributed by atoms with Crippen molar-refractivity contribution in [3.05, 3.63) is 59.8 Å². The van der Waals surface area contributed by atoms with Gasteiger partial charge in [0, 0.05) is 24.8 Å².